The van der Waals surface area contributed by atoms with Crippen molar-refractivity contribution in [1.29, 1.82) is 5.26 Å². The van der Waals surface area contributed by atoms with Gasteiger partial charge in [-0.05, 0) is 42.8 Å². The highest BCUT2D eigenvalue weighted by atomic mass is 35.5. The van der Waals surface area contributed by atoms with Crippen molar-refractivity contribution < 1.29 is 18.0 Å². The van der Waals surface area contributed by atoms with Crippen LogP contribution in [-0.4, -0.2) is 5.91 Å². The second kappa shape index (κ2) is 7.93. The Balaban J connectivity index is 2.17. The van der Waals surface area contributed by atoms with Crippen LogP contribution in [0.4, 0.5) is 24.5 Å². The summed E-state index contributed by atoms with van der Waals surface area (Å²) in [6.45, 7) is 1.84. The molecule has 26 heavy (non-hydrogen) atoms. The van der Waals surface area contributed by atoms with Crippen LogP contribution in [0.5, 0.6) is 0 Å². The molecule has 0 saturated heterocycles. The number of benzene rings is 2. The number of carbonyl (C=O) groups is 1. The maximum absolute atomic E-state index is 12.9. The van der Waals surface area contributed by atoms with Gasteiger partial charge in [0.15, 0.2) is 0 Å². The molecule has 2 rings (SSSR count). The van der Waals surface area contributed by atoms with Gasteiger partial charge in [0, 0.05) is 17.6 Å². The Morgan fingerprint density at radius 2 is 1.92 bits per heavy atom. The minimum Gasteiger partial charge on any atom is -0.360 e. The molecule has 0 heterocycles. The molecule has 0 bridgehead atoms. The SMILES string of the molecule is Cc1cccc(NC(=O)/C(C#N)=C\Nc2ccc(Cl)c(C(F)(F)F)c2)c1. The zero-order valence-corrected chi connectivity index (χ0v) is 14.2. The molecule has 0 fully saturated rings. The van der Waals surface area contributed by atoms with Crippen LogP contribution in [0.25, 0.3) is 0 Å². The normalized spacial score (nSPS) is 11.6. The lowest BCUT2D eigenvalue weighted by Gasteiger charge is -2.11. The van der Waals surface area contributed by atoms with E-state index < -0.39 is 22.7 Å². The van der Waals surface area contributed by atoms with Crippen molar-refractivity contribution in [2.45, 2.75) is 13.1 Å². The van der Waals surface area contributed by atoms with Gasteiger partial charge in [-0.25, -0.2) is 0 Å². The van der Waals surface area contributed by atoms with E-state index in [9.17, 15) is 18.0 Å². The first-order valence-corrected chi connectivity index (χ1v) is 7.70. The number of carbonyl (C=O) groups excluding carboxylic acids is 1. The van der Waals surface area contributed by atoms with E-state index in [0.717, 1.165) is 23.9 Å². The van der Waals surface area contributed by atoms with Crippen LogP contribution >= 0.6 is 11.6 Å². The standard InChI is InChI=1S/C18H13ClF3N3O/c1-11-3-2-4-14(7-11)25-17(26)12(9-23)10-24-13-5-6-16(19)15(8-13)18(20,21)22/h2-8,10,24H,1H3,(H,25,26)/b12-10-. The number of aryl methyl sites for hydroxylation is 1. The van der Waals surface area contributed by atoms with E-state index in [0.29, 0.717) is 5.69 Å². The summed E-state index contributed by atoms with van der Waals surface area (Å²) in [5.41, 5.74) is 0.152. The fourth-order valence-electron chi connectivity index (χ4n) is 2.06. The number of nitrogens with zero attached hydrogens (tertiary/aromatic N) is 1. The molecule has 4 nitrogen and oxygen atoms in total. The van der Waals surface area contributed by atoms with Gasteiger partial charge >= 0.3 is 6.18 Å². The molecular formula is C18H13ClF3N3O. The number of rotatable bonds is 4. The van der Waals surface area contributed by atoms with Crippen molar-refractivity contribution in [3.05, 3.63) is 70.4 Å². The number of hydrogen-bond donors (Lipinski definition) is 2. The number of alkyl halides is 3. The summed E-state index contributed by atoms with van der Waals surface area (Å²) in [6.07, 6.45) is -3.58. The van der Waals surface area contributed by atoms with Gasteiger partial charge in [0.05, 0.1) is 10.6 Å². The molecule has 2 aromatic rings. The van der Waals surface area contributed by atoms with Gasteiger partial charge in [-0.2, -0.15) is 18.4 Å². The quantitative estimate of drug-likeness (QED) is 0.572. The van der Waals surface area contributed by atoms with Crippen molar-refractivity contribution in [2.75, 3.05) is 10.6 Å². The molecule has 2 N–H and O–H groups in total. The van der Waals surface area contributed by atoms with E-state index in [1.165, 1.54) is 6.07 Å². The van der Waals surface area contributed by atoms with E-state index in [1.807, 2.05) is 13.0 Å². The summed E-state index contributed by atoms with van der Waals surface area (Å²) in [4.78, 5) is 12.1. The molecule has 0 spiro atoms. The van der Waals surface area contributed by atoms with Crippen LogP contribution in [0.15, 0.2) is 54.2 Å². The molecule has 134 valence electrons. The molecule has 0 aliphatic heterocycles. The zero-order chi connectivity index (χ0) is 19.3. The Kier molecular flexibility index (Phi) is 5.90. The highest BCUT2D eigenvalue weighted by Gasteiger charge is 2.33. The van der Waals surface area contributed by atoms with Crippen molar-refractivity contribution in [3.63, 3.8) is 0 Å². The van der Waals surface area contributed by atoms with Crippen LogP contribution in [0.2, 0.25) is 5.02 Å². The van der Waals surface area contributed by atoms with Gasteiger partial charge in [-0.15, -0.1) is 0 Å². The number of amides is 1. The molecule has 8 heteroatoms. The van der Waals surface area contributed by atoms with Gasteiger partial charge in [0.2, 0.25) is 0 Å². The van der Waals surface area contributed by atoms with Gasteiger partial charge in [-0.1, -0.05) is 23.7 Å². The third-order valence-corrected chi connectivity index (χ3v) is 3.63. The maximum Gasteiger partial charge on any atom is 0.417 e. The molecule has 1 amide bonds. The summed E-state index contributed by atoms with van der Waals surface area (Å²) in [6, 6.07) is 11.8. The molecule has 0 atom stereocenters. The molecule has 0 radical (unpaired) electrons. The minimum absolute atomic E-state index is 0.0397. The van der Waals surface area contributed by atoms with Crippen molar-refractivity contribution in [1.82, 2.24) is 0 Å². The van der Waals surface area contributed by atoms with Crippen LogP contribution < -0.4 is 10.6 Å². The maximum atomic E-state index is 12.9. The van der Waals surface area contributed by atoms with E-state index >= 15 is 0 Å². The fraction of sp³-hybridized carbons (Fsp3) is 0.111. The lowest BCUT2D eigenvalue weighted by atomic mass is 10.2. The van der Waals surface area contributed by atoms with E-state index in [4.69, 9.17) is 16.9 Å². The Bertz CT molecular complexity index is 901. The summed E-state index contributed by atoms with van der Waals surface area (Å²) < 4.78 is 38.6. The molecule has 0 unspecified atom stereocenters. The second-order valence-corrected chi connectivity index (χ2v) is 5.74. The molecule has 0 aromatic heterocycles. The van der Waals surface area contributed by atoms with Gasteiger partial charge in [0.25, 0.3) is 5.91 Å². The molecule has 0 aliphatic rings. The van der Waals surface area contributed by atoms with E-state index in [2.05, 4.69) is 10.6 Å². The molecule has 2 aromatic carbocycles. The number of anilines is 2. The Hall–Kier alpha value is -2.98. The smallest absolute Gasteiger partial charge is 0.360 e. The summed E-state index contributed by atoms with van der Waals surface area (Å²) in [5.74, 6) is -0.685. The van der Waals surface area contributed by atoms with Gasteiger partial charge < -0.3 is 10.6 Å². The van der Waals surface area contributed by atoms with Crippen LogP contribution in [-0.2, 0) is 11.0 Å². The Labute approximate surface area is 152 Å². The average molecular weight is 380 g/mol. The third-order valence-electron chi connectivity index (χ3n) is 3.30. The van der Waals surface area contributed by atoms with Crippen molar-refractivity contribution in [3.8, 4) is 6.07 Å². The lowest BCUT2D eigenvalue weighted by molar-refractivity contribution is -0.137. The summed E-state index contributed by atoms with van der Waals surface area (Å²) in [7, 11) is 0. The summed E-state index contributed by atoms with van der Waals surface area (Å²) >= 11 is 5.54. The predicted molar refractivity (Wildman–Crippen MR) is 93.6 cm³/mol. The monoisotopic (exact) mass is 379 g/mol. The summed E-state index contributed by atoms with van der Waals surface area (Å²) in [5, 5.41) is 13.7. The number of nitrogens with one attached hydrogen (secondary N) is 2. The fourth-order valence-corrected chi connectivity index (χ4v) is 2.28. The van der Waals surface area contributed by atoms with Crippen LogP contribution in [0, 0.1) is 18.3 Å². The molecular weight excluding hydrogens is 367 g/mol. The zero-order valence-electron chi connectivity index (χ0n) is 13.5. The Morgan fingerprint density at radius 3 is 2.54 bits per heavy atom. The average Bonchev–Trinajstić information content (AvgIpc) is 2.55. The lowest BCUT2D eigenvalue weighted by Crippen LogP contribution is -2.14. The van der Waals surface area contributed by atoms with Crippen molar-refractivity contribution >= 4 is 28.9 Å². The molecule has 0 aliphatic carbocycles. The number of halogens is 4. The first-order chi connectivity index (χ1) is 12.2. The first kappa shape index (κ1) is 19.3. The van der Waals surface area contributed by atoms with E-state index in [-0.39, 0.29) is 11.3 Å². The number of nitriles is 1. The first-order valence-electron chi connectivity index (χ1n) is 7.32. The largest absolute Gasteiger partial charge is 0.417 e. The van der Waals surface area contributed by atoms with Gasteiger partial charge in [-0.3, -0.25) is 4.79 Å². The van der Waals surface area contributed by atoms with Crippen molar-refractivity contribution in [2.24, 2.45) is 0 Å². The van der Waals surface area contributed by atoms with Crippen LogP contribution in [0.3, 0.4) is 0 Å². The van der Waals surface area contributed by atoms with E-state index in [1.54, 1.807) is 24.3 Å². The number of hydrogen-bond acceptors (Lipinski definition) is 3. The minimum atomic E-state index is -4.61. The highest BCUT2D eigenvalue weighted by Crippen LogP contribution is 2.36. The highest BCUT2D eigenvalue weighted by molar-refractivity contribution is 6.31. The topological polar surface area (TPSA) is 64.9 Å². The van der Waals surface area contributed by atoms with Crippen LogP contribution in [0.1, 0.15) is 11.1 Å². The predicted octanol–water partition coefficient (Wildman–Crippen LogP) is 5.13. The Morgan fingerprint density at radius 1 is 1.19 bits per heavy atom. The van der Waals surface area contributed by atoms with Gasteiger partial charge in [0.1, 0.15) is 11.6 Å². The third kappa shape index (κ3) is 5.01. The molecule has 0 saturated carbocycles. The second-order valence-electron chi connectivity index (χ2n) is 5.33.